The summed E-state index contributed by atoms with van der Waals surface area (Å²) in [6.07, 6.45) is 7.43. The van der Waals surface area contributed by atoms with Crippen LogP contribution < -0.4 is 5.32 Å². The second-order valence-electron chi connectivity index (χ2n) is 6.68. The van der Waals surface area contributed by atoms with Crippen LogP contribution in [0.4, 0.5) is 0 Å². The Morgan fingerprint density at radius 2 is 1.96 bits per heavy atom. The van der Waals surface area contributed by atoms with Crippen molar-refractivity contribution in [2.75, 3.05) is 26.7 Å². The summed E-state index contributed by atoms with van der Waals surface area (Å²) in [5.41, 5.74) is 2.41. The average molecular weight is 313 g/mol. The number of hydrogen-bond acceptors (Lipinski definition) is 4. The van der Waals surface area contributed by atoms with E-state index in [1.807, 2.05) is 4.57 Å². The van der Waals surface area contributed by atoms with Crippen molar-refractivity contribution in [3.63, 3.8) is 0 Å². The molecule has 1 fully saturated rings. The highest BCUT2D eigenvalue weighted by Gasteiger charge is 2.16. The molecule has 1 aliphatic rings. The van der Waals surface area contributed by atoms with Crippen LogP contribution in [-0.2, 0) is 0 Å². The summed E-state index contributed by atoms with van der Waals surface area (Å²) in [5.74, 6) is 0.884. The van der Waals surface area contributed by atoms with E-state index in [9.17, 15) is 0 Å². The van der Waals surface area contributed by atoms with E-state index in [1.54, 1.807) is 12.7 Å². The van der Waals surface area contributed by atoms with Crippen LogP contribution in [0.5, 0.6) is 0 Å². The minimum absolute atomic E-state index is 0.359. The predicted molar refractivity (Wildman–Crippen MR) is 92.6 cm³/mol. The first-order chi connectivity index (χ1) is 11.2. The van der Waals surface area contributed by atoms with Crippen LogP contribution in [0, 0.1) is 5.92 Å². The maximum atomic E-state index is 3.87. The maximum Gasteiger partial charge on any atom is 0.123 e. The molecule has 0 amide bonds. The topological polar surface area (TPSA) is 46.0 Å². The summed E-state index contributed by atoms with van der Waals surface area (Å²) in [6.45, 7) is 5.83. The van der Waals surface area contributed by atoms with Gasteiger partial charge in [0.05, 0.1) is 0 Å². The zero-order valence-electron chi connectivity index (χ0n) is 14.2. The molecule has 1 aromatic heterocycles. The Labute approximate surface area is 138 Å². The molecule has 124 valence electrons. The van der Waals surface area contributed by atoms with E-state index in [0.29, 0.717) is 6.04 Å². The van der Waals surface area contributed by atoms with Gasteiger partial charge in [-0.05, 0) is 76.5 Å². The maximum absolute atomic E-state index is 3.87. The predicted octanol–water partition coefficient (Wildman–Crippen LogP) is 2.65. The third kappa shape index (κ3) is 4.39. The first kappa shape index (κ1) is 16.1. The molecule has 0 spiro atoms. The molecule has 5 heteroatoms. The number of nitrogens with one attached hydrogen (secondary N) is 1. The molecule has 1 atom stereocenters. The van der Waals surface area contributed by atoms with E-state index in [1.165, 1.54) is 37.9 Å². The van der Waals surface area contributed by atoms with Gasteiger partial charge in [-0.15, -0.1) is 10.2 Å². The SMILES string of the molecule is CC(NCCC1CCN(C)CC1)c1cccc(-n2cnnc2)c1. The fourth-order valence-corrected chi connectivity index (χ4v) is 3.26. The zero-order valence-corrected chi connectivity index (χ0v) is 14.2. The second-order valence-corrected chi connectivity index (χ2v) is 6.68. The van der Waals surface area contributed by atoms with Gasteiger partial charge in [0.25, 0.3) is 0 Å². The first-order valence-corrected chi connectivity index (χ1v) is 8.59. The van der Waals surface area contributed by atoms with Gasteiger partial charge in [-0.1, -0.05) is 12.1 Å². The van der Waals surface area contributed by atoms with Crippen LogP contribution in [0.15, 0.2) is 36.9 Å². The number of likely N-dealkylation sites (tertiary alicyclic amines) is 1. The minimum atomic E-state index is 0.359. The molecule has 23 heavy (non-hydrogen) atoms. The second kappa shape index (κ2) is 7.70. The molecular weight excluding hydrogens is 286 g/mol. The monoisotopic (exact) mass is 313 g/mol. The fraction of sp³-hybridized carbons (Fsp3) is 0.556. The lowest BCUT2D eigenvalue weighted by Crippen LogP contribution is -2.32. The van der Waals surface area contributed by atoms with Crippen LogP contribution in [0.25, 0.3) is 5.69 Å². The van der Waals surface area contributed by atoms with Crippen molar-refractivity contribution < 1.29 is 0 Å². The molecule has 0 saturated carbocycles. The summed E-state index contributed by atoms with van der Waals surface area (Å²) in [6, 6.07) is 8.92. The number of rotatable bonds is 6. The van der Waals surface area contributed by atoms with Gasteiger partial charge in [-0.3, -0.25) is 4.57 Å². The van der Waals surface area contributed by atoms with Crippen LogP contribution in [0.1, 0.15) is 37.8 Å². The van der Waals surface area contributed by atoms with E-state index in [2.05, 4.69) is 58.7 Å². The van der Waals surface area contributed by atoms with Gasteiger partial charge < -0.3 is 10.2 Å². The Morgan fingerprint density at radius 1 is 1.22 bits per heavy atom. The highest BCUT2D eigenvalue weighted by atomic mass is 15.2. The standard InChI is InChI=1S/C18H27N5/c1-15(19-9-6-16-7-10-22(2)11-8-16)17-4-3-5-18(12-17)23-13-20-21-14-23/h3-5,12-16,19H,6-11H2,1-2H3. The summed E-state index contributed by atoms with van der Waals surface area (Å²) in [7, 11) is 2.22. The Kier molecular flexibility index (Phi) is 5.41. The largest absolute Gasteiger partial charge is 0.310 e. The van der Waals surface area contributed by atoms with Crippen LogP contribution in [0.3, 0.4) is 0 Å². The molecule has 2 aromatic rings. The number of nitrogens with zero attached hydrogens (tertiary/aromatic N) is 4. The molecule has 5 nitrogen and oxygen atoms in total. The first-order valence-electron chi connectivity index (χ1n) is 8.59. The average Bonchev–Trinajstić information content (AvgIpc) is 3.11. The lowest BCUT2D eigenvalue weighted by atomic mass is 9.93. The van der Waals surface area contributed by atoms with E-state index in [-0.39, 0.29) is 0 Å². The van der Waals surface area contributed by atoms with Gasteiger partial charge in [0.2, 0.25) is 0 Å². The molecule has 1 aliphatic heterocycles. The summed E-state index contributed by atoms with van der Waals surface area (Å²) < 4.78 is 1.94. The van der Waals surface area contributed by atoms with E-state index >= 15 is 0 Å². The Bertz CT molecular complexity index is 587. The van der Waals surface area contributed by atoms with Crippen molar-refractivity contribution >= 4 is 0 Å². The molecule has 0 radical (unpaired) electrons. The van der Waals surface area contributed by atoms with E-state index < -0.39 is 0 Å². The summed E-state index contributed by atoms with van der Waals surface area (Å²) in [4.78, 5) is 2.43. The van der Waals surface area contributed by atoms with Gasteiger partial charge in [-0.25, -0.2) is 0 Å². The minimum Gasteiger partial charge on any atom is -0.310 e. The van der Waals surface area contributed by atoms with E-state index in [4.69, 9.17) is 0 Å². The van der Waals surface area contributed by atoms with Crippen LogP contribution in [-0.4, -0.2) is 46.3 Å². The van der Waals surface area contributed by atoms with E-state index in [0.717, 1.165) is 18.2 Å². The van der Waals surface area contributed by atoms with Gasteiger partial charge >= 0.3 is 0 Å². The van der Waals surface area contributed by atoms with Gasteiger partial charge in [0.15, 0.2) is 0 Å². The number of piperidine rings is 1. The van der Waals surface area contributed by atoms with Gasteiger partial charge in [-0.2, -0.15) is 0 Å². The third-order valence-electron chi connectivity index (χ3n) is 4.93. The Hall–Kier alpha value is -1.72. The number of benzene rings is 1. The lowest BCUT2D eigenvalue weighted by molar-refractivity contribution is 0.211. The molecule has 1 N–H and O–H groups in total. The number of hydrogen-bond donors (Lipinski definition) is 1. The lowest BCUT2D eigenvalue weighted by Gasteiger charge is -2.29. The van der Waals surface area contributed by atoms with Crippen LogP contribution >= 0.6 is 0 Å². The molecule has 3 rings (SSSR count). The highest BCUT2D eigenvalue weighted by Crippen LogP contribution is 2.20. The smallest absolute Gasteiger partial charge is 0.123 e. The molecule has 0 aliphatic carbocycles. The summed E-state index contributed by atoms with van der Waals surface area (Å²) in [5, 5.41) is 11.4. The Morgan fingerprint density at radius 3 is 2.70 bits per heavy atom. The molecule has 1 saturated heterocycles. The van der Waals surface area contributed by atoms with Crippen molar-refractivity contribution in [1.82, 2.24) is 25.0 Å². The molecule has 0 bridgehead atoms. The van der Waals surface area contributed by atoms with Crippen molar-refractivity contribution in [2.24, 2.45) is 5.92 Å². The molecule has 1 unspecified atom stereocenters. The Balaban J connectivity index is 1.50. The summed E-state index contributed by atoms with van der Waals surface area (Å²) >= 11 is 0. The quantitative estimate of drug-likeness (QED) is 0.890. The normalized spacial score (nSPS) is 18.2. The van der Waals surface area contributed by atoms with Gasteiger partial charge in [0.1, 0.15) is 12.7 Å². The highest BCUT2D eigenvalue weighted by molar-refractivity contribution is 5.36. The zero-order chi connectivity index (χ0) is 16.1. The molecule has 2 heterocycles. The van der Waals surface area contributed by atoms with Crippen molar-refractivity contribution in [3.8, 4) is 5.69 Å². The van der Waals surface area contributed by atoms with Crippen molar-refractivity contribution in [1.29, 1.82) is 0 Å². The molecule has 1 aromatic carbocycles. The third-order valence-corrected chi connectivity index (χ3v) is 4.93. The van der Waals surface area contributed by atoms with Crippen molar-refractivity contribution in [2.45, 2.75) is 32.2 Å². The van der Waals surface area contributed by atoms with Gasteiger partial charge in [0, 0.05) is 11.7 Å². The molecular formula is C18H27N5. The van der Waals surface area contributed by atoms with Crippen molar-refractivity contribution in [3.05, 3.63) is 42.5 Å². The fourth-order valence-electron chi connectivity index (χ4n) is 3.26. The van der Waals surface area contributed by atoms with Crippen LogP contribution in [0.2, 0.25) is 0 Å². The number of aromatic nitrogens is 3.